The summed E-state index contributed by atoms with van der Waals surface area (Å²) in [6.45, 7) is 3.65. The minimum Gasteiger partial charge on any atom is -0.370 e. The van der Waals surface area contributed by atoms with Gasteiger partial charge < -0.3 is 9.30 Å². The molecule has 1 aliphatic rings. The van der Waals surface area contributed by atoms with Crippen molar-refractivity contribution in [3.63, 3.8) is 0 Å². The molecule has 0 saturated carbocycles. The summed E-state index contributed by atoms with van der Waals surface area (Å²) in [5.41, 5.74) is 1.13. The van der Waals surface area contributed by atoms with Crippen molar-refractivity contribution in [2.45, 2.75) is 12.6 Å². The van der Waals surface area contributed by atoms with Crippen molar-refractivity contribution >= 4 is 11.3 Å². The van der Waals surface area contributed by atoms with E-state index in [0.717, 1.165) is 31.9 Å². The molecule has 1 aliphatic heterocycles. The van der Waals surface area contributed by atoms with E-state index < -0.39 is 0 Å². The molecular weight excluding hydrogens is 246 g/mol. The van der Waals surface area contributed by atoms with E-state index in [1.807, 2.05) is 17.9 Å². The Morgan fingerprint density at radius 2 is 2.50 bits per heavy atom. The van der Waals surface area contributed by atoms with E-state index in [2.05, 4.69) is 33.6 Å². The molecule has 3 heterocycles. The molecule has 18 heavy (non-hydrogen) atoms. The first-order chi connectivity index (χ1) is 8.81. The fourth-order valence-corrected chi connectivity index (χ4v) is 3.04. The molecule has 0 N–H and O–H groups in total. The van der Waals surface area contributed by atoms with Gasteiger partial charge in [-0.25, -0.2) is 4.98 Å². The smallest absolute Gasteiger partial charge is 0.104 e. The second-order valence-corrected chi connectivity index (χ2v) is 5.62. The molecule has 1 saturated heterocycles. The number of morpholine rings is 1. The Hall–Kier alpha value is -1.17. The van der Waals surface area contributed by atoms with Gasteiger partial charge in [0.2, 0.25) is 0 Å². The highest BCUT2D eigenvalue weighted by Crippen LogP contribution is 2.26. The summed E-state index contributed by atoms with van der Waals surface area (Å²) < 4.78 is 7.83. The molecule has 3 rings (SSSR count). The van der Waals surface area contributed by atoms with Crippen molar-refractivity contribution in [2.75, 3.05) is 19.7 Å². The number of imidazole rings is 1. The lowest BCUT2D eigenvalue weighted by atomic mass is 10.2. The van der Waals surface area contributed by atoms with Gasteiger partial charge >= 0.3 is 0 Å². The summed E-state index contributed by atoms with van der Waals surface area (Å²) in [4.78, 5) is 8.11. The minimum atomic E-state index is 0.225. The molecule has 2 aromatic heterocycles. The van der Waals surface area contributed by atoms with Crippen LogP contribution in [-0.4, -0.2) is 34.1 Å². The van der Waals surface area contributed by atoms with Gasteiger partial charge in [-0.2, -0.15) is 0 Å². The van der Waals surface area contributed by atoms with E-state index in [9.17, 15) is 0 Å². The van der Waals surface area contributed by atoms with Crippen LogP contribution in [-0.2, 0) is 18.3 Å². The second kappa shape index (κ2) is 5.22. The van der Waals surface area contributed by atoms with Gasteiger partial charge in [-0.05, 0) is 11.4 Å². The molecule has 0 radical (unpaired) electrons. The third-order valence-electron chi connectivity index (χ3n) is 3.16. The topological polar surface area (TPSA) is 30.3 Å². The lowest BCUT2D eigenvalue weighted by Gasteiger charge is -2.31. The molecular formula is C13H17N3OS. The van der Waals surface area contributed by atoms with Gasteiger partial charge in [0, 0.05) is 37.8 Å². The molecule has 1 atom stereocenters. The van der Waals surface area contributed by atoms with E-state index in [-0.39, 0.29) is 6.10 Å². The molecule has 5 heteroatoms. The van der Waals surface area contributed by atoms with Gasteiger partial charge in [-0.3, -0.25) is 4.90 Å². The molecule has 0 aromatic carbocycles. The van der Waals surface area contributed by atoms with E-state index in [4.69, 9.17) is 4.74 Å². The summed E-state index contributed by atoms with van der Waals surface area (Å²) in [6, 6.07) is 4.24. The maximum absolute atomic E-state index is 5.84. The van der Waals surface area contributed by atoms with Crippen molar-refractivity contribution in [1.29, 1.82) is 0 Å². The average Bonchev–Trinajstić information content (AvgIpc) is 3.01. The fourth-order valence-electron chi connectivity index (χ4n) is 2.27. The number of aromatic nitrogens is 2. The monoisotopic (exact) mass is 263 g/mol. The molecule has 0 spiro atoms. The number of ether oxygens (including phenoxy) is 1. The lowest BCUT2D eigenvalue weighted by Crippen LogP contribution is -2.37. The summed E-state index contributed by atoms with van der Waals surface area (Å²) >= 11 is 1.77. The summed E-state index contributed by atoms with van der Waals surface area (Å²) in [6.07, 6.45) is 4.16. The van der Waals surface area contributed by atoms with Crippen molar-refractivity contribution in [3.8, 4) is 0 Å². The number of rotatable bonds is 3. The first kappa shape index (κ1) is 11.9. The Morgan fingerprint density at radius 3 is 3.22 bits per heavy atom. The van der Waals surface area contributed by atoms with Crippen molar-refractivity contribution < 1.29 is 4.74 Å². The number of hydrogen-bond donors (Lipinski definition) is 0. The van der Waals surface area contributed by atoms with Crippen LogP contribution >= 0.6 is 11.3 Å². The summed E-state index contributed by atoms with van der Waals surface area (Å²) in [5.74, 6) is 0. The maximum Gasteiger partial charge on any atom is 0.104 e. The first-order valence-electron chi connectivity index (χ1n) is 6.15. The zero-order chi connectivity index (χ0) is 12.4. The van der Waals surface area contributed by atoms with Crippen LogP contribution in [0, 0.1) is 0 Å². The zero-order valence-corrected chi connectivity index (χ0v) is 11.3. The highest BCUT2D eigenvalue weighted by molar-refractivity contribution is 7.10. The Kier molecular flexibility index (Phi) is 3.45. The number of aryl methyl sites for hydroxylation is 1. The van der Waals surface area contributed by atoms with Gasteiger partial charge in [0.05, 0.1) is 18.6 Å². The fraction of sp³-hybridized carbons (Fsp3) is 0.462. The lowest BCUT2D eigenvalue weighted by molar-refractivity contribution is -0.0314. The molecule has 0 bridgehead atoms. The van der Waals surface area contributed by atoms with E-state index >= 15 is 0 Å². The van der Waals surface area contributed by atoms with Gasteiger partial charge in [-0.1, -0.05) is 6.07 Å². The summed E-state index contributed by atoms with van der Waals surface area (Å²) in [7, 11) is 2.00. The van der Waals surface area contributed by atoms with Crippen molar-refractivity contribution in [2.24, 2.45) is 7.05 Å². The molecule has 2 aromatic rings. The standard InChI is InChI=1S/C13H17N3OS/c1-15-7-11(14-10-15)8-16-4-5-17-12(9-16)13-3-2-6-18-13/h2-3,6-7,10,12H,4-5,8-9H2,1H3. The first-order valence-corrected chi connectivity index (χ1v) is 7.03. The molecule has 4 nitrogen and oxygen atoms in total. The Morgan fingerprint density at radius 1 is 1.56 bits per heavy atom. The number of thiophene rings is 1. The predicted molar refractivity (Wildman–Crippen MR) is 71.5 cm³/mol. The average molecular weight is 263 g/mol. The van der Waals surface area contributed by atoms with Crippen LogP contribution in [0.25, 0.3) is 0 Å². The number of nitrogens with zero attached hydrogens (tertiary/aromatic N) is 3. The van der Waals surface area contributed by atoms with Crippen LogP contribution in [0.1, 0.15) is 16.7 Å². The maximum atomic E-state index is 5.84. The number of hydrogen-bond acceptors (Lipinski definition) is 4. The van der Waals surface area contributed by atoms with Crippen LogP contribution in [0.2, 0.25) is 0 Å². The van der Waals surface area contributed by atoms with Gasteiger partial charge in [-0.15, -0.1) is 11.3 Å². The van der Waals surface area contributed by atoms with E-state index in [1.165, 1.54) is 4.88 Å². The predicted octanol–water partition coefficient (Wildman–Crippen LogP) is 2.06. The van der Waals surface area contributed by atoms with Crippen LogP contribution in [0.15, 0.2) is 30.0 Å². The SMILES string of the molecule is Cn1cnc(CN2CCOC(c3cccs3)C2)c1. The third kappa shape index (κ3) is 2.63. The highest BCUT2D eigenvalue weighted by atomic mass is 32.1. The minimum absolute atomic E-state index is 0.225. The van der Waals surface area contributed by atoms with Crippen LogP contribution in [0.3, 0.4) is 0 Å². The van der Waals surface area contributed by atoms with Gasteiger partial charge in [0.25, 0.3) is 0 Å². The van der Waals surface area contributed by atoms with Crippen LogP contribution in [0.4, 0.5) is 0 Å². The quantitative estimate of drug-likeness (QED) is 0.849. The Labute approximate surface area is 111 Å². The van der Waals surface area contributed by atoms with Crippen LogP contribution in [0.5, 0.6) is 0 Å². The molecule has 1 fully saturated rings. The van der Waals surface area contributed by atoms with Crippen molar-refractivity contribution in [3.05, 3.63) is 40.6 Å². The van der Waals surface area contributed by atoms with Crippen molar-refractivity contribution in [1.82, 2.24) is 14.5 Å². The highest BCUT2D eigenvalue weighted by Gasteiger charge is 2.22. The second-order valence-electron chi connectivity index (χ2n) is 4.64. The molecule has 0 amide bonds. The van der Waals surface area contributed by atoms with E-state index in [0.29, 0.717) is 0 Å². The third-order valence-corrected chi connectivity index (χ3v) is 4.12. The molecule has 0 aliphatic carbocycles. The largest absolute Gasteiger partial charge is 0.370 e. The van der Waals surface area contributed by atoms with Crippen LogP contribution < -0.4 is 0 Å². The normalized spacial score (nSPS) is 21.3. The molecule has 96 valence electrons. The Balaban J connectivity index is 1.63. The zero-order valence-electron chi connectivity index (χ0n) is 10.5. The van der Waals surface area contributed by atoms with E-state index in [1.54, 1.807) is 11.3 Å². The summed E-state index contributed by atoms with van der Waals surface area (Å²) in [5, 5.41) is 2.11. The Bertz CT molecular complexity index is 494. The van der Waals surface area contributed by atoms with Gasteiger partial charge in [0.1, 0.15) is 6.10 Å². The molecule has 1 unspecified atom stereocenters. The van der Waals surface area contributed by atoms with Gasteiger partial charge in [0.15, 0.2) is 0 Å².